The summed E-state index contributed by atoms with van der Waals surface area (Å²) in [6.45, 7) is 1.87. The first-order chi connectivity index (χ1) is 14.4. The predicted molar refractivity (Wildman–Crippen MR) is 130 cm³/mol. The van der Waals surface area contributed by atoms with Gasteiger partial charge in [0.05, 0.1) is 25.9 Å². The molecule has 0 saturated heterocycles. The van der Waals surface area contributed by atoms with Gasteiger partial charge in [-0.25, -0.2) is 4.98 Å². The highest BCUT2D eigenvalue weighted by Crippen LogP contribution is 2.38. The topological polar surface area (TPSA) is 54.0 Å². The summed E-state index contributed by atoms with van der Waals surface area (Å²) in [6, 6.07) is 18.6. The monoisotopic (exact) mass is 471 g/mol. The second kappa shape index (κ2) is 8.70. The number of hydrogen-bond acceptors (Lipinski definition) is 4. The van der Waals surface area contributed by atoms with Crippen LogP contribution in [0.25, 0.3) is 20.8 Å². The Morgan fingerprint density at radius 2 is 1.77 bits per heavy atom. The first-order valence-corrected chi connectivity index (χ1v) is 10.9. The molecule has 30 heavy (non-hydrogen) atoms. The molecule has 0 atom stereocenters. The van der Waals surface area contributed by atoms with Gasteiger partial charge in [-0.2, -0.15) is 0 Å². The van der Waals surface area contributed by atoms with E-state index in [0.29, 0.717) is 21.3 Å². The third-order valence-corrected chi connectivity index (χ3v) is 6.35. The number of carbonyl (C=O) groups excluding carboxylic acids is 1. The molecule has 2 N–H and O–H groups in total. The highest BCUT2D eigenvalue weighted by Gasteiger charge is 2.15. The predicted octanol–water partition coefficient (Wildman–Crippen LogP) is 6.71. The molecule has 4 nitrogen and oxygen atoms in total. The first-order valence-electron chi connectivity index (χ1n) is 8.95. The standard InChI is InChI=1S/C22H15Cl2N3OS2/c1-12-6-2-3-7-13(12)20(28)27-22(29)26-18-10-14(15(23)11-16(18)24)21-25-17-8-4-5-9-19(17)30-21/h2-11H,1H3,(H2,26,27,28,29). The summed E-state index contributed by atoms with van der Waals surface area (Å²) >= 11 is 19.6. The molecule has 0 fully saturated rings. The van der Waals surface area contributed by atoms with Crippen LogP contribution in [0.1, 0.15) is 15.9 Å². The summed E-state index contributed by atoms with van der Waals surface area (Å²) in [5.41, 5.74) is 3.58. The van der Waals surface area contributed by atoms with Crippen LogP contribution >= 0.6 is 46.8 Å². The van der Waals surface area contributed by atoms with Crippen LogP contribution in [0, 0.1) is 6.92 Å². The van der Waals surface area contributed by atoms with Crippen LogP contribution in [-0.4, -0.2) is 16.0 Å². The van der Waals surface area contributed by atoms with Crippen LogP contribution in [-0.2, 0) is 0 Å². The van der Waals surface area contributed by atoms with Crippen molar-refractivity contribution >= 4 is 73.7 Å². The molecule has 0 unspecified atom stereocenters. The number of carbonyl (C=O) groups is 1. The molecule has 0 aliphatic heterocycles. The van der Waals surface area contributed by atoms with E-state index >= 15 is 0 Å². The lowest BCUT2D eigenvalue weighted by molar-refractivity contribution is 0.0977. The maximum atomic E-state index is 12.5. The van der Waals surface area contributed by atoms with Crippen molar-refractivity contribution in [1.29, 1.82) is 0 Å². The lowest BCUT2D eigenvalue weighted by Gasteiger charge is -2.13. The van der Waals surface area contributed by atoms with Crippen LogP contribution in [0.4, 0.5) is 5.69 Å². The van der Waals surface area contributed by atoms with Crippen LogP contribution in [0.15, 0.2) is 60.7 Å². The van der Waals surface area contributed by atoms with Crippen molar-refractivity contribution in [3.8, 4) is 10.6 Å². The number of halogens is 2. The van der Waals surface area contributed by atoms with Gasteiger partial charge in [-0.05, 0) is 55.0 Å². The van der Waals surface area contributed by atoms with Gasteiger partial charge in [0.2, 0.25) is 0 Å². The van der Waals surface area contributed by atoms with Crippen molar-refractivity contribution < 1.29 is 4.79 Å². The highest BCUT2D eigenvalue weighted by molar-refractivity contribution is 7.80. The van der Waals surface area contributed by atoms with Crippen molar-refractivity contribution in [2.75, 3.05) is 5.32 Å². The number of hydrogen-bond donors (Lipinski definition) is 2. The Morgan fingerprint density at radius 3 is 2.53 bits per heavy atom. The van der Waals surface area contributed by atoms with E-state index in [2.05, 4.69) is 15.6 Å². The molecule has 0 aliphatic carbocycles. The van der Waals surface area contributed by atoms with E-state index in [1.807, 2.05) is 43.3 Å². The Hall–Kier alpha value is -2.51. The van der Waals surface area contributed by atoms with Crippen molar-refractivity contribution in [3.63, 3.8) is 0 Å². The van der Waals surface area contributed by atoms with Gasteiger partial charge in [0, 0.05) is 11.1 Å². The fourth-order valence-corrected chi connectivity index (χ4v) is 4.72. The highest BCUT2D eigenvalue weighted by atomic mass is 35.5. The third-order valence-electron chi connectivity index (χ3n) is 4.45. The normalized spacial score (nSPS) is 10.8. The minimum absolute atomic E-state index is 0.141. The van der Waals surface area contributed by atoms with Gasteiger partial charge in [-0.3, -0.25) is 10.1 Å². The van der Waals surface area contributed by atoms with Crippen LogP contribution < -0.4 is 10.6 Å². The minimum atomic E-state index is -0.290. The summed E-state index contributed by atoms with van der Waals surface area (Å²) in [5, 5.41) is 7.46. The van der Waals surface area contributed by atoms with Gasteiger partial charge >= 0.3 is 0 Å². The molecule has 1 amide bonds. The van der Waals surface area contributed by atoms with Crippen molar-refractivity contribution in [2.45, 2.75) is 6.92 Å². The van der Waals surface area contributed by atoms with E-state index < -0.39 is 0 Å². The number of thiocarbonyl (C=S) groups is 1. The van der Waals surface area contributed by atoms with Gasteiger partial charge in [-0.15, -0.1) is 11.3 Å². The molecule has 0 bridgehead atoms. The molecular formula is C22H15Cl2N3OS2. The van der Waals surface area contributed by atoms with Gasteiger partial charge in [0.15, 0.2) is 5.11 Å². The molecule has 3 aromatic carbocycles. The zero-order valence-corrected chi connectivity index (χ0v) is 18.8. The Bertz CT molecular complexity index is 1250. The number of nitrogens with zero attached hydrogens (tertiary/aromatic N) is 1. The largest absolute Gasteiger partial charge is 0.331 e. The number of anilines is 1. The number of aryl methyl sites for hydroxylation is 1. The van der Waals surface area contributed by atoms with E-state index in [9.17, 15) is 4.79 Å². The quantitative estimate of drug-likeness (QED) is 0.326. The molecule has 4 aromatic rings. The Kier molecular flexibility index (Phi) is 6.01. The van der Waals surface area contributed by atoms with Gasteiger partial charge in [0.25, 0.3) is 5.91 Å². The maximum Gasteiger partial charge on any atom is 0.257 e. The zero-order chi connectivity index (χ0) is 21.3. The summed E-state index contributed by atoms with van der Waals surface area (Å²) in [6.07, 6.45) is 0. The number of nitrogens with one attached hydrogen (secondary N) is 2. The first kappa shape index (κ1) is 20.8. The molecule has 8 heteroatoms. The molecule has 1 aromatic heterocycles. The number of benzene rings is 3. The zero-order valence-electron chi connectivity index (χ0n) is 15.7. The number of para-hydroxylation sites is 1. The summed E-state index contributed by atoms with van der Waals surface area (Å²) < 4.78 is 1.06. The van der Waals surface area contributed by atoms with E-state index in [-0.39, 0.29) is 11.0 Å². The molecule has 0 spiro atoms. The molecule has 0 radical (unpaired) electrons. The average molecular weight is 472 g/mol. The number of rotatable bonds is 3. The van der Waals surface area contributed by atoms with E-state index in [4.69, 9.17) is 35.4 Å². The van der Waals surface area contributed by atoms with Crippen molar-refractivity contribution in [1.82, 2.24) is 10.3 Å². The SMILES string of the molecule is Cc1ccccc1C(=O)NC(=S)Nc1cc(-c2nc3ccccc3s2)c(Cl)cc1Cl. The maximum absolute atomic E-state index is 12.5. The van der Waals surface area contributed by atoms with Gasteiger partial charge < -0.3 is 5.32 Å². The Labute approximate surface area is 192 Å². The second-order valence-electron chi connectivity index (χ2n) is 6.52. The minimum Gasteiger partial charge on any atom is -0.331 e. The lowest BCUT2D eigenvalue weighted by Crippen LogP contribution is -2.34. The average Bonchev–Trinajstić information content (AvgIpc) is 3.14. The number of amides is 1. The number of aromatic nitrogens is 1. The van der Waals surface area contributed by atoms with E-state index in [1.54, 1.807) is 24.3 Å². The third kappa shape index (κ3) is 4.32. The summed E-state index contributed by atoms with van der Waals surface area (Å²) in [5.74, 6) is -0.290. The smallest absolute Gasteiger partial charge is 0.257 e. The van der Waals surface area contributed by atoms with E-state index in [1.165, 1.54) is 11.3 Å². The lowest BCUT2D eigenvalue weighted by atomic mass is 10.1. The fraction of sp³-hybridized carbons (Fsp3) is 0.0455. The van der Waals surface area contributed by atoms with Gasteiger partial charge in [0.1, 0.15) is 5.01 Å². The summed E-state index contributed by atoms with van der Waals surface area (Å²) in [7, 11) is 0. The second-order valence-corrected chi connectivity index (χ2v) is 8.78. The van der Waals surface area contributed by atoms with E-state index in [0.717, 1.165) is 26.4 Å². The van der Waals surface area contributed by atoms with Gasteiger partial charge in [-0.1, -0.05) is 53.5 Å². The Balaban J connectivity index is 1.58. The molecule has 0 aliphatic rings. The fourth-order valence-electron chi connectivity index (χ4n) is 2.95. The number of fused-ring (bicyclic) bond motifs is 1. The Morgan fingerprint density at radius 1 is 1.03 bits per heavy atom. The van der Waals surface area contributed by atoms with Crippen molar-refractivity contribution in [2.24, 2.45) is 0 Å². The molecule has 4 rings (SSSR count). The van der Waals surface area contributed by atoms with Crippen LogP contribution in [0.3, 0.4) is 0 Å². The molecule has 150 valence electrons. The molecule has 0 saturated carbocycles. The van der Waals surface area contributed by atoms with Crippen LogP contribution in [0.5, 0.6) is 0 Å². The van der Waals surface area contributed by atoms with Crippen molar-refractivity contribution in [3.05, 3.63) is 81.8 Å². The number of thiazole rings is 1. The van der Waals surface area contributed by atoms with Crippen LogP contribution in [0.2, 0.25) is 10.0 Å². The molecule has 1 heterocycles. The summed E-state index contributed by atoms with van der Waals surface area (Å²) in [4.78, 5) is 17.1. The molecular weight excluding hydrogens is 457 g/mol.